The summed E-state index contributed by atoms with van der Waals surface area (Å²) >= 11 is 1.64. The Morgan fingerprint density at radius 1 is 0.857 bits per heavy atom. The summed E-state index contributed by atoms with van der Waals surface area (Å²) in [7, 11) is 0. The van der Waals surface area contributed by atoms with E-state index in [0.717, 1.165) is 29.8 Å². The fourth-order valence-electron chi connectivity index (χ4n) is 4.74. The van der Waals surface area contributed by atoms with Gasteiger partial charge in [-0.05, 0) is 60.2 Å². The summed E-state index contributed by atoms with van der Waals surface area (Å²) in [5, 5.41) is 3.00. The van der Waals surface area contributed by atoms with Crippen LogP contribution in [0.5, 0.6) is 0 Å². The third-order valence-corrected chi connectivity index (χ3v) is 7.99. The molecule has 0 bridgehead atoms. The molecule has 5 nitrogen and oxygen atoms in total. The third-order valence-electron chi connectivity index (χ3n) is 6.73. The zero-order chi connectivity index (χ0) is 24.0. The van der Waals surface area contributed by atoms with Gasteiger partial charge in [0, 0.05) is 37.4 Å². The number of piperidine rings is 1. The molecule has 2 fully saturated rings. The highest BCUT2D eigenvalue weighted by atomic mass is 32.2. The highest BCUT2D eigenvalue weighted by molar-refractivity contribution is 8.00. The Labute approximate surface area is 211 Å². The molecule has 1 N–H and O–H groups in total. The van der Waals surface area contributed by atoms with E-state index in [4.69, 9.17) is 0 Å². The maximum atomic E-state index is 12.7. The molecular weight excluding hydrogens is 454 g/mol. The molecular formula is C29H31N3O2S. The van der Waals surface area contributed by atoms with E-state index < -0.39 is 0 Å². The number of thioether (sulfide) groups is 1. The number of hydrogen-bond acceptors (Lipinski definition) is 4. The van der Waals surface area contributed by atoms with Crippen LogP contribution in [0, 0.1) is 0 Å². The van der Waals surface area contributed by atoms with Gasteiger partial charge >= 0.3 is 0 Å². The minimum absolute atomic E-state index is 0.0294. The molecule has 2 aliphatic heterocycles. The van der Waals surface area contributed by atoms with E-state index >= 15 is 0 Å². The SMILES string of the molecule is O=C(NCc1ccc(N2CCCCC2)cc1)c1ccc([C@@H]2SCC(=O)N2Cc2ccccc2)cc1. The Balaban J connectivity index is 1.17. The van der Waals surface area contributed by atoms with Crippen LogP contribution in [-0.2, 0) is 17.9 Å². The van der Waals surface area contributed by atoms with Crippen LogP contribution in [0.1, 0.15) is 51.7 Å². The summed E-state index contributed by atoms with van der Waals surface area (Å²) in [5.74, 6) is 0.543. The number of anilines is 1. The van der Waals surface area contributed by atoms with Crippen molar-refractivity contribution < 1.29 is 9.59 Å². The average Bonchev–Trinajstić information content (AvgIpc) is 3.28. The first-order valence-electron chi connectivity index (χ1n) is 12.3. The van der Waals surface area contributed by atoms with Crippen molar-refractivity contribution in [3.63, 3.8) is 0 Å². The lowest BCUT2D eigenvalue weighted by Crippen LogP contribution is -2.29. The minimum atomic E-state index is -0.0899. The molecule has 180 valence electrons. The Morgan fingerprint density at radius 3 is 2.29 bits per heavy atom. The van der Waals surface area contributed by atoms with Crippen LogP contribution in [0.3, 0.4) is 0 Å². The molecule has 3 aromatic rings. The van der Waals surface area contributed by atoms with E-state index in [1.807, 2.05) is 59.5 Å². The highest BCUT2D eigenvalue weighted by Gasteiger charge is 2.32. The maximum absolute atomic E-state index is 12.7. The molecule has 0 saturated carbocycles. The molecule has 2 amide bonds. The molecule has 0 spiro atoms. The molecule has 1 atom stereocenters. The monoisotopic (exact) mass is 485 g/mol. The van der Waals surface area contributed by atoms with E-state index in [2.05, 4.69) is 34.5 Å². The van der Waals surface area contributed by atoms with Gasteiger partial charge in [-0.25, -0.2) is 0 Å². The molecule has 2 aliphatic rings. The van der Waals surface area contributed by atoms with Crippen molar-refractivity contribution in [2.45, 2.75) is 37.7 Å². The molecule has 0 aromatic heterocycles. The van der Waals surface area contributed by atoms with Gasteiger partial charge in [0.25, 0.3) is 5.91 Å². The summed E-state index contributed by atoms with van der Waals surface area (Å²) in [6, 6.07) is 26.2. The lowest BCUT2D eigenvalue weighted by molar-refractivity contribution is -0.128. The smallest absolute Gasteiger partial charge is 0.251 e. The first-order valence-corrected chi connectivity index (χ1v) is 13.4. The highest BCUT2D eigenvalue weighted by Crippen LogP contribution is 2.39. The van der Waals surface area contributed by atoms with Gasteiger partial charge in [0.05, 0.1) is 5.75 Å². The van der Waals surface area contributed by atoms with Crippen LogP contribution < -0.4 is 10.2 Å². The molecule has 3 aromatic carbocycles. The number of rotatable bonds is 7. The van der Waals surface area contributed by atoms with Crippen LogP contribution in [0.15, 0.2) is 78.9 Å². The Morgan fingerprint density at radius 2 is 1.57 bits per heavy atom. The summed E-state index contributed by atoms with van der Waals surface area (Å²) in [6.45, 7) is 3.35. The number of carbonyl (C=O) groups is 2. The maximum Gasteiger partial charge on any atom is 0.251 e. The molecule has 2 saturated heterocycles. The number of nitrogens with one attached hydrogen (secondary N) is 1. The molecule has 5 rings (SSSR count). The number of amides is 2. The van der Waals surface area contributed by atoms with Crippen LogP contribution in [0.25, 0.3) is 0 Å². The van der Waals surface area contributed by atoms with Crippen molar-refractivity contribution in [3.05, 3.63) is 101 Å². The second kappa shape index (κ2) is 11.0. The summed E-state index contributed by atoms with van der Waals surface area (Å²) < 4.78 is 0. The summed E-state index contributed by atoms with van der Waals surface area (Å²) in [5.41, 5.74) is 5.14. The largest absolute Gasteiger partial charge is 0.372 e. The van der Waals surface area contributed by atoms with Crippen LogP contribution in [0.4, 0.5) is 5.69 Å². The lowest BCUT2D eigenvalue weighted by Gasteiger charge is -2.28. The van der Waals surface area contributed by atoms with Gasteiger partial charge in [0.1, 0.15) is 5.37 Å². The molecule has 0 unspecified atom stereocenters. The average molecular weight is 486 g/mol. The van der Waals surface area contributed by atoms with Gasteiger partial charge < -0.3 is 15.1 Å². The zero-order valence-corrected chi connectivity index (χ0v) is 20.7. The van der Waals surface area contributed by atoms with Gasteiger partial charge in [-0.2, -0.15) is 0 Å². The lowest BCUT2D eigenvalue weighted by atomic mass is 10.1. The fourth-order valence-corrected chi connectivity index (χ4v) is 5.93. The van der Waals surface area contributed by atoms with Crippen LogP contribution in [-0.4, -0.2) is 35.6 Å². The number of carbonyl (C=O) groups excluding carboxylic acids is 2. The number of benzene rings is 3. The van der Waals surface area contributed by atoms with Crippen molar-refractivity contribution in [3.8, 4) is 0 Å². The quantitative estimate of drug-likeness (QED) is 0.488. The standard InChI is InChI=1S/C29H31N3O2S/c33-27-21-35-29(32(27)20-23-7-3-1-4-8-23)25-13-11-24(12-14-25)28(34)30-19-22-9-15-26(16-10-22)31-17-5-2-6-18-31/h1,3-4,7-16,29H,2,5-6,17-21H2,(H,30,34)/t29-/m0/s1. The predicted octanol–water partition coefficient (Wildman–Crippen LogP) is 5.38. The first kappa shape index (κ1) is 23.5. The van der Waals surface area contributed by atoms with E-state index in [1.165, 1.54) is 24.9 Å². The first-order chi connectivity index (χ1) is 17.2. The van der Waals surface area contributed by atoms with Crippen LogP contribution in [0.2, 0.25) is 0 Å². The molecule has 0 aliphatic carbocycles. The van der Waals surface area contributed by atoms with Gasteiger partial charge in [-0.15, -0.1) is 11.8 Å². The van der Waals surface area contributed by atoms with Crippen LogP contribution >= 0.6 is 11.8 Å². The van der Waals surface area contributed by atoms with Gasteiger partial charge in [-0.3, -0.25) is 9.59 Å². The molecule has 6 heteroatoms. The van der Waals surface area contributed by atoms with E-state index in [0.29, 0.717) is 24.4 Å². The summed E-state index contributed by atoms with van der Waals surface area (Å²) in [6.07, 6.45) is 3.85. The number of hydrogen-bond donors (Lipinski definition) is 1. The van der Waals surface area contributed by atoms with Gasteiger partial charge in [0.15, 0.2) is 0 Å². The fraction of sp³-hybridized carbons (Fsp3) is 0.310. The van der Waals surface area contributed by atoms with E-state index in [9.17, 15) is 9.59 Å². The Kier molecular flexibility index (Phi) is 7.38. The third kappa shape index (κ3) is 5.70. The number of nitrogens with zero attached hydrogens (tertiary/aromatic N) is 2. The van der Waals surface area contributed by atoms with Crippen molar-refractivity contribution in [1.82, 2.24) is 10.2 Å². The van der Waals surface area contributed by atoms with Gasteiger partial charge in [-0.1, -0.05) is 54.6 Å². The topological polar surface area (TPSA) is 52.7 Å². The van der Waals surface area contributed by atoms with E-state index in [1.54, 1.807) is 11.8 Å². The normalized spacial score (nSPS) is 18.1. The molecule has 2 heterocycles. The minimum Gasteiger partial charge on any atom is -0.372 e. The zero-order valence-electron chi connectivity index (χ0n) is 19.9. The van der Waals surface area contributed by atoms with Crippen molar-refractivity contribution in [2.75, 3.05) is 23.7 Å². The van der Waals surface area contributed by atoms with Crippen molar-refractivity contribution in [1.29, 1.82) is 0 Å². The molecule has 0 radical (unpaired) electrons. The Hall–Kier alpha value is -3.25. The Bertz CT molecular complexity index is 1140. The van der Waals surface area contributed by atoms with Crippen molar-refractivity contribution >= 4 is 29.3 Å². The summed E-state index contributed by atoms with van der Waals surface area (Å²) in [4.78, 5) is 29.6. The predicted molar refractivity (Wildman–Crippen MR) is 142 cm³/mol. The second-order valence-electron chi connectivity index (χ2n) is 9.19. The molecule has 35 heavy (non-hydrogen) atoms. The van der Waals surface area contributed by atoms with Gasteiger partial charge in [0.2, 0.25) is 5.91 Å². The van der Waals surface area contributed by atoms with Crippen molar-refractivity contribution in [2.24, 2.45) is 0 Å². The second-order valence-corrected chi connectivity index (χ2v) is 10.3. The van der Waals surface area contributed by atoms with E-state index in [-0.39, 0.29) is 17.2 Å².